The molecule has 2 aromatic carbocycles. The van der Waals surface area contributed by atoms with Crippen LogP contribution in [0.3, 0.4) is 0 Å². The second-order valence-corrected chi connectivity index (χ2v) is 15.7. The Balaban J connectivity index is -0.00000112. The lowest BCUT2D eigenvalue weighted by Crippen LogP contribution is -2.31. The zero-order valence-corrected chi connectivity index (χ0v) is 39.6. The van der Waals surface area contributed by atoms with E-state index in [1.54, 1.807) is 11.9 Å². The Kier molecular flexibility index (Phi) is 34.1. The van der Waals surface area contributed by atoms with Gasteiger partial charge in [-0.2, -0.15) is 0 Å². The van der Waals surface area contributed by atoms with Crippen molar-refractivity contribution < 1.29 is 4.48 Å². The summed E-state index contributed by atoms with van der Waals surface area (Å²) in [7, 11) is 4.34. The van der Waals surface area contributed by atoms with Gasteiger partial charge in [0, 0.05) is 30.0 Å². The first-order valence-electron chi connectivity index (χ1n) is 21.6. The second-order valence-electron chi connectivity index (χ2n) is 14.8. The maximum Gasteiger partial charge on any atom is 0.209 e. The number of benzene rings is 2. The van der Waals surface area contributed by atoms with Gasteiger partial charge in [-0.15, -0.1) is 6.58 Å². The van der Waals surface area contributed by atoms with Crippen molar-refractivity contribution >= 4 is 29.0 Å². The van der Waals surface area contributed by atoms with Crippen LogP contribution in [0.1, 0.15) is 165 Å². The van der Waals surface area contributed by atoms with Gasteiger partial charge in [-0.1, -0.05) is 164 Å². The Labute approximate surface area is 354 Å². The van der Waals surface area contributed by atoms with Crippen molar-refractivity contribution in [2.24, 2.45) is 5.41 Å². The van der Waals surface area contributed by atoms with Gasteiger partial charge in [-0.3, -0.25) is 4.72 Å². The number of quaternary nitrogens is 1. The molecule has 0 saturated heterocycles. The number of para-hydroxylation sites is 1. The lowest BCUT2D eigenvalue weighted by Gasteiger charge is -2.29. The highest BCUT2D eigenvalue weighted by atomic mass is 32.2. The molecule has 2 heterocycles. The van der Waals surface area contributed by atoms with Crippen LogP contribution in [0.25, 0.3) is 11.4 Å². The number of nitrogens with zero attached hydrogens (tertiary/aromatic N) is 2. The van der Waals surface area contributed by atoms with E-state index in [0.29, 0.717) is 5.41 Å². The largest absolute Gasteiger partial charge is 0.389 e. The van der Waals surface area contributed by atoms with Gasteiger partial charge in [0.25, 0.3) is 0 Å². The summed E-state index contributed by atoms with van der Waals surface area (Å²) in [6, 6.07) is 17.8. The van der Waals surface area contributed by atoms with Crippen molar-refractivity contribution in [1.82, 2.24) is 15.4 Å². The summed E-state index contributed by atoms with van der Waals surface area (Å²) in [5, 5.41) is 6.52. The van der Waals surface area contributed by atoms with Crippen LogP contribution in [-0.2, 0) is 6.54 Å². The molecular weight excluding hydrogens is 703 g/mol. The van der Waals surface area contributed by atoms with Gasteiger partial charge in [0.15, 0.2) is 0 Å². The van der Waals surface area contributed by atoms with E-state index in [0.717, 1.165) is 61.5 Å². The van der Waals surface area contributed by atoms with Gasteiger partial charge in [0.2, 0.25) is 11.4 Å². The molecular formula is C50H92N5S+. The monoisotopic (exact) mass is 795 g/mol. The molecule has 0 aromatic heterocycles. The molecule has 2 aliphatic heterocycles. The molecule has 56 heavy (non-hydrogen) atoms. The molecule has 2 aromatic rings. The van der Waals surface area contributed by atoms with E-state index in [4.69, 9.17) is 0 Å². The average Bonchev–Trinajstić information content (AvgIpc) is 3.79. The number of nitrogens with one attached hydrogen (secondary N) is 3. The Bertz CT molecular complexity index is 1370. The minimum Gasteiger partial charge on any atom is -0.389 e. The number of allylic oxidation sites excluding steroid dienone is 3. The first-order valence-corrected chi connectivity index (χ1v) is 22.6. The summed E-state index contributed by atoms with van der Waals surface area (Å²) < 4.78 is 4.39. The molecule has 1 atom stereocenters. The second kappa shape index (κ2) is 33.2. The van der Waals surface area contributed by atoms with E-state index in [2.05, 4.69) is 144 Å². The van der Waals surface area contributed by atoms with Crippen LogP contribution in [0.15, 0.2) is 85.2 Å². The summed E-state index contributed by atoms with van der Waals surface area (Å²) in [5.41, 5.74) is 12.4. The van der Waals surface area contributed by atoms with E-state index in [1.165, 1.54) is 77.1 Å². The van der Waals surface area contributed by atoms with E-state index in [1.807, 2.05) is 48.6 Å². The molecule has 4 rings (SSSR count). The summed E-state index contributed by atoms with van der Waals surface area (Å²) >= 11 is 1.73. The molecule has 6 heteroatoms. The minimum atomic E-state index is 0. The van der Waals surface area contributed by atoms with Gasteiger partial charge >= 0.3 is 0 Å². The van der Waals surface area contributed by atoms with Crippen molar-refractivity contribution in [2.45, 2.75) is 155 Å². The SMILES string of the molecule is C.C=C(C)CCCCC.C=C(CCCC(=C)N1Cc2ccccc2C2=C(c3ccccc31)[N+]2(C)CCNSCNC)NCC.CC.CC.CC.CCC(C)(C)C. The van der Waals surface area contributed by atoms with Crippen molar-refractivity contribution in [1.29, 1.82) is 0 Å². The third-order valence-electron chi connectivity index (χ3n) is 9.21. The normalized spacial score (nSPS) is 14.3. The zero-order valence-electron chi connectivity index (χ0n) is 38.7. The molecule has 0 saturated carbocycles. The van der Waals surface area contributed by atoms with Crippen LogP contribution in [0.2, 0.25) is 0 Å². The Morgan fingerprint density at radius 3 is 1.89 bits per heavy atom. The van der Waals surface area contributed by atoms with Gasteiger partial charge in [0.1, 0.15) is 6.54 Å². The molecule has 3 N–H and O–H groups in total. The van der Waals surface area contributed by atoms with Crippen LogP contribution >= 0.6 is 11.9 Å². The highest BCUT2D eigenvalue weighted by molar-refractivity contribution is 7.97. The van der Waals surface area contributed by atoms with Crippen molar-refractivity contribution in [3.8, 4) is 0 Å². The predicted octanol–water partition coefficient (Wildman–Crippen LogP) is 14.8. The summed E-state index contributed by atoms with van der Waals surface area (Å²) in [6.45, 7) is 43.6. The van der Waals surface area contributed by atoms with Crippen molar-refractivity contribution in [2.75, 3.05) is 44.5 Å². The average molecular weight is 795 g/mol. The third kappa shape index (κ3) is 21.1. The summed E-state index contributed by atoms with van der Waals surface area (Å²) in [5.74, 6) is 0.904. The molecule has 5 nitrogen and oxygen atoms in total. The molecule has 0 fully saturated rings. The van der Waals surface area contributed by atoms with Gasteiger partial charge < -0.3 is 15.5 Å². The zero-order chi connectivity index (χ0) is 42.5. The fraction of sp³-hybridized carbons (Fsp3) is 0.600. The number of hydrogen-bond donors (Lipinski definition) is 3. The number of anilines is 1. The molecule has 2 aliphatic rings. The maximum absolute atomic E-state index is 4.55. The molecule has 322 valence electrons. The van der Waals surface area contributed by atoms with Crippen LogP contribution in [0.4, 0.5) is 5.69 Å². The predicted molar refractivity (Wildman–Crippen MR) is 262 cm³/mol. The van der Waals surface area contributed by atoms with Crippen LogP contribution in [0.5, 0.6) is 0 Å². The van der Waals surface area contributed by atoms with E-state index in [-0.39, 0.29) is 7.43 Å². The van der Waals surface area contributed by atoms with E-state index in [9.17, 15) is 0 Å². The number of hydrogen-bond acceptors (Lipinski definition) is 5. The maximum atomic E-state index is 4.55. The quantitative estimate of drug-likeness (QED) is 0.0489. The first kappa shape index (κ1) is 57.6. The van der Waals surface area contributed by atoms with Crippen LogP contribution < -0.4 is 20.3 Å². The fourth-order valence-corrected chi connectivity index (χ4v) is 6.31. The lowest BCUT2D eigenvalue weighted by atomic mass is 9.94. The molecule has 0 radical (unpaired) electrons. The highest BCUT2D eigenvalue weighted by Crippen LogP contribution is 2.57. The van der Waals surface area contributed by atoms with Crippen molar-refractivity contribution in [3.05, 3.63) is 102 Å². The Morgan fingerprint density at radius 2 is 1.36 bits per heavy atom. The topological polar surface area (TPSA) is 39.3 Å². The van der Waals surface area contributed by atoms with Crippen LogP contribution in [0, 0.1) is 5.41 Å². The van der Waals surface area contributed by atoms with E-state index < -0.39 is 0 Å². The number of unbranched alkanes of at least 4 members (excludes halogenated alkanes) is 2. The van der Waals surface area contributed by atoms with Crippen molar-refractivity contribution in [3.63, 3.8) is 0 Å². The third-order valence-corrected chi connectivity index (χ3v) is 10.1. The minimum absolute atomic E-state index is 0. The molecule has 0 amide bonds. The molecule has 0 bridgehead atoms. The van der Waals surface area contributed by atoms with E-state index >= 15 is 0 Å². The van der Waals surface area contributed by atoms with Gasteiger partial charge in [-0.05, 0) is 82.2 Å². The highest BCUT2D eigenvalue weighted by Gasteiger charge is 2.56. The molecule has 1 unspecified atom stereocenters. The summed E-state index contributed by atoms with van der Waals surface area (Å²) in [6.07, 6.45) is 9.45. The Morgan fingerprint density at radius 1 is 0.804 bits per heavy atom. The number of rotatable bonds is 17. The Hall–Kier alpha value is -2.77. The molecule has 0 aliphatic carbocycles. The number of likely N-dealkylation sites (N-methyl/N-ethyl adjacent to an activating group) is 1. The van der Waals surface area contributed by atoms with Crippen LogP contribution in [-0.4, -0.2) is 44.1 Å². The van der Waals surface area contributed by atoms with Gasteiger partial charge in [-0.25, -0.2) is 4.48 Å². The number of fused-ring (bicyclic) bond motifs is 4. The smallest absolute Gasteiger partial charge is 0.209 e. The molecule has 0 spiro atoms. The first-order chi connectivity index (χ1) is 26.3. The summed E-state index contributed by atoms with van der Waals surface area (Å²) in [4.78, 5) is 2.44. The van der Waals surface area contributed by atoms with Gasteiger partial charge in [0.05, 0.1) is 30.7 Å². The fourth-order valence-electron chi connectivity index (χ4n) is 5.83. The lowest BCUT2D eigenvalue weighted by molar-refractivity contribution is -0.712. The standard InChI is InChI=1S/C29H40N5S.C8H16.C6H14.3C2H6.CH4/c1-6-31-22(2)12-11-13-23(3)33-20-24-14-7-8-15-25(24)28-29(26-16-9-10-17-27(26)33)34(28,5)19-18-32-35-21-30-4;1-4-5-6-7-8(2)3;1-5-6(2,3)4;3*1-2;/h7-10,14-17,30-32H,2-3,6,11-13,18-21H2,1,4-5H3;2,4-7H2,1,3H3;5H2,1-4H3;3*1-2H3;1H4/q+1;;;;;;.